The Kier molecular flexibility index (Phi) is 4.35. The van der Waals surface area contributed by atoms with Gasteiger partial charge in [-0.2, -0.15) is 0 Å². The molecule has 2 aromatic heterocycles. The summed E-state index contributed by atoms with van der Waals surface area (Å²) in [5.74, 6) is 1.31. The highest BCUT2D eigenvalue weighted by atomic mass is 32.2. The molecule has 1 atom stereocenters. The van der Waals surface area contributed by atoms with Gasteiger partial charge in [-0.05, 0) is 36.4 Å². The highest BCUT2D eigenvalue weighted by molar-refractivity contribution is 7.99. The van der Waals surface area contributed by atoms with Crippen molar-refractivity contribution in [1.82, 2.24) is 14.8 Å². The molecule has 1 aliphatic rings. The molecular weight excluding hydrogens is 352 g/mol. The third-order valence-electron chi connectivity index (χ3n) is 4.38. The van der Waals surface area contributed by atoms with Gasteiger partial charge in [0.2, 0.25) is 5.91 Å². The first-order valence-corrected chi connectivity index (χ1v) is 9.97. The highest BCUT2D eigenvalue weighted by Crippen LogP contribution is 2.33. The summed E-state index contributed by atoms with van der Waals surface area (Å²) in [4.78, 5) is 15.8. The van der Waals surface area contributed by atoms with E-state index in [0.717, 1.165) is 28.0 Å². The molecule has 0 saturated carbocycles. The zero-order chi connectivity index (χ0) is 17.4. The lowest BCUT2D eigenvalue weighted by Crippen LogP contribution is -2.37. The summed E-state index contributed by atoms with van der Waals surface area (Å²) in [5.41, 5.74) is 2.28. The maximum absolute atomic E-state index is 12.8. The van der Waals surface area contributed by atoms with E-state index in [0.29, 0.717) is 5.75 Å². The van der Waals surface area contributed by atoms with Gasteiger partial charge in [0.1, 0.15) is 0 Å². The number of hydrogen-bond acceptors (Lipinski definition) is 5. The van der Waals surface area contributed by atoms with Crippen molar-refractivity contribution >= 4 is 34.7 Å². The normalized spacial score (nSPS) is 16.2. The zero-order valence-electron chi connectivity index (χ0n) is 14.0. The van der Waals surface area contributed by atoms with Crippen LogP contribution in [-0.2, 0) is 18.3 Å². The molecule has 1 aromatic carbocycles. The Morgan fingerprint density at radius 2 is 2.12 bits per heavy atom. The largest absolute Gasteiger partial charge is 0.308 e. The van der Waals surface area contributed by atoms with E-state index in [2.05, 4.69) is 23.2 Å². The number of para-hydroxylation sites is 1. The predicted molar refractivity (Wildman–Crippen MR) is 102 cm³/mol. The van der Waals surface area contributed by atoms with E-state index in [1.54, 1.807) is 11.3 Å². The van der Waals surface area contributed by atoms with Gasteiger partial charge >= 0.3 is 0 Å². The van der Waals surface area contributed by atoms with Crippen LogP contribution in [-0.4, -0.2) is 32.5 Å². The van der Waals surface area contributed by atoms with Crippen molar-refractivity contribution in [2.24, 2.45) is 7.05 Å². The van der Waals surface area contributed by atoms with Gasteiger partial charge in [0.15, 0.2) is 11.0 Å². The number of aromatic nitrogens is 3. The monoisotopic (exact) mass is 370 g/mol. The number of anilines is 1. The number of thiophene rings is 1. The van der Waals surface area contributed by atoms with E-state index in [1.165, 1.54) is 17.3 Å². The summed E-state index contributed by atoms with van der Waals surface area (Å²) < 4.78 is 1.95. The number of fused-ring (bicyclic) bond motifs is 1. The van der Waals surface area contributed by atoms with Crippen molar-refractivity contribution in [3.63, 3.8) is 0 Å². The van der Waals surface area contributed by atoms with Crippen LogP contribution in [0.5, 0.6) is 0 Å². The Morgan fingerprint density at radius 1 is 1.28 bits per heavy atom. The molecule has 0 spiro atoms. The summed E-state index contributed by atoms with van der Waals surface area (Å²) in [6, 6.07) is 12.4. The first-order valence-electron chi connectivity index (χ1n) is 8.11. The first-order chi connectivity index (χ1) is 12.1. The Labute approximate surface area is 154 Å². The summed E-state index contributed by atoms with van der Waals surface area (Å²) in [6.07, 6.45) is 0.916. The van der Waals surface area contributed by atoms with Crippen molar-refractivity contribution in [3.8, 4) is 10.7 Å². The van der Waals surface area contributed by atoms with Gasteiger partial charge < -0.3 is 9.47 Å². The van der Waals surface area contributed by atoms with Crippen LogP contribution < -0.4 is 4.90 Å². The Balaban J connectivity index is 1.48. The van der Waals surface area contributed by atoms with Crippen LogP contribution in [0.15, 0.2) is 46.9 Å². The number of benzene rings is 1. The fraction of sp³-hybridized carbons (Fsp3) is 0.278. The summed E-state index contributed by atoms with van der Waals surface area (Å²) >= 11 is 3.07. The lowest BCUT2D eigenvalue weighted by Gasteiger charge is -2.22. The summed E-state index contributed by atoms with van der Waals surface area (Å²) in [5, 5.41) is 11.3. The van der Waals surface area contributed by atoms with Gasteiger partial charge in [0.05, 0.1) is 10.6 Å². The number of carbonyl (C=O) groups is 1. The number of carbonyl (C=O) groups excluding carboxylic acids is 1. The topological polar surface area (TPSA) is 51.0 Å². The molecule has 4 rings (SSSR count). The maximum Gasteiger partial charge on any atom is 0.237 e. The highest BCUT2D eigenvalue weighted by Gasteiger charge is 2.30. The third kappa shape index (κ3) is 2.98. The van der Waals surface area contributed by atoms with Crippen molar-refractivity contribution in [1.29, 1.82) is 0 Å². The van der Waals surface area contributed by atoms with E-state index in [1.807, 2.05) is 52.2 Å². The molecule has 25 heavy (non-hydrogen) atoms. The standard InChI is InChI=1S/C18H18N4OS2/c1-12-10-13-6-3-4-7-14(13)22(12)16(23)11-25-18-20-19-17(21(18)2)15-8-5-9-24-15/h3-9,12H,10-11H2,1-2H3/t12-/m1/s1. The minimum atomic E-state index is 0.114. The molecule has 0 unspecified atom stereocenters. The molecule has 0 radical (unpaired) electrons. The minimum absolute atomic E-state index is 0.114. The van der Waals surface area contributed by atoms with Gasteiger partial charge in [-0.15, -0.1) is 21.5 Å². The number of thioether (sulfide) groups is 1. The first kappa shape index (κ1) is 16.4. The smallest absolute Gasteiger partial charge is 0.237 e. The molecule has 0 N–H and O–H groups in total. The van der Waals surface area contributed by atoms with Crippen LogP contribution >= 0.6 is 23.1 Å². The van der Waals surface area contributed by atoms with Crippen LogP contribution in [0.1, 0.15) is 12.5 Å². The average Bonchev–Trinajstić information content (AvgIpc) is 3.31. The lowest BCUT2D eigenvalue weighted by atomic mass is 10.1. The minimum Gasteiger partial charge on any atom is -0.308 e. The van der Waals surface area contributed by atoms with Gasteiger partial charge in [-0.3, -0.25) is 4.79 Å². The van der Waals surface area contributed by atoms with Crippen LogP contribution in [0.4, 0.5) is 5.69 Å². The van der Waals surface area contributed by atoms with E-state index in [-0.39, 0.29) is 11.9 Å². The van der Waals surface area contributed by atoms with Crippen molar-refractivity contribution < 1.29 is 4.79 Å². The molecule has 7 heteroatoms. The number of rotatable bonds is 4. The molecule has 1 amide bonds. The van der Waals surface area contributed by atoms with Crippen LogP contribution in [0.2, 0.25) is 0 Å². The predicted octanol–water partition coefficient (Wildman–Crippen LogP) is 3.61. The molecular formula is C18H18N4OS2. The fourth-order valence-electron chi connectivity index (χ4n) is 3.20. The van der Waals surface area contributed by atoms with Crippen molar-refractivity contribution in [2.75, 3.05) is 10.7 Å². The molecule has 3 aromatic rings. The second kappa shape index (κ2) is 6.65. The number of amides is 1. The van der Waals surface area contributed by atoms with Gasteiger partial charge in [0.25, 0.3) is 0 Å². The molecule has 0 saturated heterocycles. The van der Waals surface area contributed by atoms with Crippen LogP contribution in [0.25, 0.3) is 10.7 Å². The van der Waals surface area contributed by atoms with E-state index in [9.17, 15) is 4.79 Å². The fourth-order valence-corrected chi connectivity index (χ4v) is 4.72. The molecule has 0 bridgehead atoms. The molecule has 128 valence electrons. The second-order valence-electron chi connectivity index (χ2n) is 6.08. The summed E-state index contributed by atoms with van der Waals surface area (Å²) in [6.45, 7) is 2.10. The lowest BCUT2D eigenvalue weighted by molar-refractivity contribution is -0.116. The molecule has 5 nitrogen and oxygen atoms in total. The van der Waals surface area contributed by atoms with E-state index >= 15 is 0 Å². The Morgan fingerprint density at radius 3 is 2.92 bits per heavy atom. The molecule has 3 heterocycles. The van der Waals surface area contributed by atoms with E-state index < -0.39 is 0 Å². The molecule has 0 fully saturated rings. The van der Waals surface area contributed by atoms with Crippen molar-refractivity contribution in [2.45, 2.75) is 24.5 Å². The van der Waals surface area contributed by atoms with Gasteiger partial charge in [0, 0.05) is 18.8 Å². The third-order valence-corrected chi connectivity index (χ3v) is 6.25. The average molecular weight is 371 g/mol. The van der Waals surface area contributed by atoms with Crippen molar-refractivity contribution in [3.05, 3.63) is 47.3 Å². The number of hydrogen-bond donors (Lipinski definition) is 0. The quantitative estimate of drug-likeness (QED) is 0.658. The Hall–Kier alpha value is -2.12. The molecule has 1 aliphatic heterocycles. The summed E-state index contributed by atoms with van der Waals surface area (Å²) in [7, 11) is 1.94. The van der Waals surface area contributed by atoms with Crippen LogP contribution in [0, 0.1) is 0 Å². The zero-order valence-corrected chi connectivity index (χ0v) is 15.7. The maximum atomic E-state index is 12.8. The second-order valence-corrected chi connectivity index (χ2v) is 7.97. The molecule has 0 aliphatic carbocycles. The SMILES string of the molecule is C[C@@H]1Cc2ccccc2N1C(=O)CSc1nnc(-c2cccs2)n1C. The van der Waals surface area contributed by atoms with Gasteiger partial charge in [-0.1, -0.05) is 36.0 Å². The van der Waals surface area contributed by atoms with Crippen LogP contribution in [0.3, 0.4) is 0 Å². The van der Waals surface area contributed by atoms with Gasteiger partial charge in [-0.25, -0.2) is 0 Å². The number of nitrogens with zero attached hydrogens (tertiary/aromatic N) is 4. The van der Waals surface area contributed by atoms with E-state index in [4.69, 9.17) is 0 Å². The Bertz CT molecular complexity index is 904.